The van der Waals surface area contributed by atoms with E-state index in [-0.39, 0.29) is 29.8 Å². The molecule has 0 radical (unpaired) electrons. The summed E-state index contributed by atoms with van der Waals surface area (Å²) in [5.41, 5.74) is 3.21. The number of nitrogens with zero attached hydrogens (tertiary/aromatic N) is 5. The molecule has 4 aromatic rings. The van der Waals surface area contributed by atoms with Gasteiger partial charge in [-0.3, -0.25) is 4.90 Å². The molecule has 2 aliphatic heterocycles. The zero-order valence-corrected chi connectivity index (χ0v) is 24.5. The van der Waals surface area contributed by atoms with Crippen molar-refractivity contribution in [3.63, 3.8) is 0 Å². The molecule has 0 aliphatic carbocycles. The molecule has 0 saturated carbocycles. The molecular formula is C33H34FN5O5. The lowest BCUT2D eigenvalue weighted by Gasteiger charge is -2.33. The number of nitriles is 1. The lowest BCUT2D eigenvalue weighted by atomic mass is 9.90. The van der Waals surface area contributed by atoms with E-state index in [0.29, 0.717) is 42.4 Å². The monoisotopic (exact) mass is 599 g/mol. The zero-order chi connectivity index (χ0) is 30.6. The third kappa shape index (κ3) is 6.23. The number of hydrogen-bond acceptors (Lipinski definition) is 8. The van der Waals surface area contributed by atoms with Gasteiger partial charge in [0, 0.05) is 23.9 Å². The number of carbonyl (C=O) groups is 1. The number of ether oxygens (including phenoxy) is 3. The molecule has 2 saturated heterocycles. The van der Waals surface area contributed by atoms with Gasteiger partial charge in [0.25, 0.3) is 0 Å². The highest BCUT2D eigenvalue weighted by atomic mass is 19.1. The number of rotatable bonds is 11. The van der Waals surface area contributed by atoms with Crippen molar-refractivity contribution >= 4 is 17.0 Å². The minimum absolute atomic E-state index is 0.0225. The summed E-state index contributed by atoms with van der Waals surface area (Å²) < 4.78 is 34.0. The van der Waals surface area contributed by atoms with Crippen LogP contribution < -0.4 is 9.47 Å². The van der Waals surface area contributed by atoms with Gasteiger partial charge in [-0.15, -0.1) is 0 Å². The van der Waals surface area contributed by atoms with Crippen LogP contribution in [0.3, 0.4) is 0 Å². The molecule has 2 aromatic heterocycles. The van der Waals surface area contributed by atoms with Crippen LogP contribution in [-0.4, -0.2) is 62.9 Å². The van der Waals surface area contributed by atoms with Crippen LogP contribution in [0.1, 0.15) is 65.0 Å². The van der Waals surface area contributed by atoms with Crippen LogP contribution in [-0.2, 0) is 24.4 Å². The molecule has 2 aromatic carbocycles. The number of carboxylic acids is 1. The first-order valence-electron chi connectivity index (χ1n) is 14.9. The average Bonchev–Trinajstić information content (AvgIpc) is 3.35. The van der Waals surface area contributed by atoms with E-state index in [1.54, 1.807) is 30.5 Å². The summed E-state index contributed by atoms with van der Waals surface area (Å²) in [6.07, 6.45) is 4.46. The quantitative estimate of drug-likeness (QED) is 0.245. The van der Waals surface area contributed by atoms with Crippen LogP contribution >= 0.6 is 0 Å². The molecular weight excluding hydrogens is 565 g/mol. The number of likely N-dealkylation sites (tertiary alicyclic amines) is 1. The van der Waals surface area contributed by atoms with Crippen LogP contribution in [0.5, 0.6) is 11.6 Å². The number of halogens is 1. The van der Waals surface area contributed by atoms with Gasteiger partial charge in [0.05, 0.1) is 48.5 Å². The van der Waals surface area contributed by atoms with E-state index < -0.39 is 11.8 Å². The van der Waals surface area contributed by atoms with Crippen molar-refractivity contribution in [3.05, 3.63) is 82.6 Å². The lowest BCUT2D eigenvalue weighted by molar-refractivity contribution is -0.0592. The van der Waals surface area contributed by atoms with E-state index in [2.05, 4.69) is 14.5 Å². The maximum atomic E-state index is 14.4. The molecule has 228 valence electrons. The summed E-state index contributed by atoms with van der Waals surface area (Å²) in [5.74, 6) is 0.565. The normalized spacial score (nSPS) is 17.2. The number of aromatic nitrogens is 3. The summed E-state index contributed by atoms with van der Waals surface area (Å²) in [6, 6.07) is 13.4. The molecule has 10 nitrogen and oxygen atoms in total. The van der Waals surface area contributed by atoms with E-state index in [1.807, 2.05) is 25.1 Å². The number of pyridine rings is 1. The largest absolute Gasteiger partial charge is 0.492 e. The molecule has 0 spiro atoms. The molecule has 4 heterocycles. The number of fused-ring (bicyclic) bond motifs is 1. The van der Waals surface area contributed by atoms with Gasteiger partial charge in [-0.1, -0.05) is 12.1 Å². The highest BCUT2D eigenvalue weighted by Gasteiger charge is 2.28. The van der Waals surface area contributed by atoms with Crippen molar-refractivity contribution in [1.29, 1.82) is 5.26 Å². The Hall–Kier alpha value is -4.53. The van der Waals surface area contributed by atoms with E-state index in [4.69, 9.17) is 24.5 Å². The number of hydrogen-bond donors (Lipinski definition) is 1. The van der Waals surface area contributed by atoms with E-state index in [1.165, 1.54) is 6.07 Å². The van der Waals surface area contributed by atoms with Crippen molar-refractivity contribution in [2.75, 3.05) is 26.3 Å². The van der Waals surface area contributed by atoms with Crippen molar-refractivity contribution in [2.45, 2.75) is 57.9 Å². The summed E-state index contributed by atoms with van der Waals surface area (Å²) >= 11 is 0. The standard InChI is InChI=1S/C33H34FN5O5/c1-2-42-29-16-24(33(40)41)15-28-31(29)37-30(39(28)18-25-9-13-43-25)19-38-11-7-22(8-12-38)26-4-3-10-36-32(26)44-20-23-6-5-21(17-35)14-27(23)34/h3-6,10,14-16,22,25H,2,7-9,11-13,18-20H2,1H3,(H,40,41). The Bertz CT molecular complexity index is 1700. The second-order valence-corrected chi connectivity index (χ2v) is 11.2. The van der Waals surface area contributed by atoms with Gasteiger partial charge in [0.15, 0.2) is 0 Å². The first-order chi connectivity index (χ1) is 21.4. The van der Waals surface area contributed by atoms with Gasteiger partial charge >= 0.3 is 5.97 Å². The Morgan fingerprint density at radius 1 is 1.18 bits per heavy atom. The third-order valence-corrected chi connectivity index (χ3v) is 8.36. The Balaban J connectivity index is 1.17. The fraction of sp³-hybridized carbons (Fsp3) is 0.394. The van der Waals surface area contributed by atoms with Crippen LogP contribution in [0.25, 0.3) is 11.0 Å². The topological polar surface area (TPSA) is 123 Å². The Morgan fingerprint density at radius 3 is 2.68 bits per heavy atom. The highest BCUT2D eigenvalue weighted by Crippen LogP contribution is 2.35. The predicted molar refractivity (Wildman–Crippen MR) is 159 cm³/mol. The summed E-state index contributed by atoms with van der Waals surface area (Å²) in [5, 5.41) is 18.7. The molecule has 2 aliphatic rings. The Labute approximate surface area is 254 Å². The van der Waals surface area contributed by atoms with Crippen LogP contribution in [0.2, 0.25) is 0 Å². The Morgan fingerprint density at radius 2 is 2.00 bits per heavy atom. The first-order valence-corrected chi connectivity index (χ1v) is 14.9. The second-order valence-electron chi connectivity index (χ2n) is 11.2. The minimum Gasteiger partial charge on any atom is -0.492 e. The smallest absolute Gasteiger partial charge is 0.335 e. The van der Waals surface area contributed by atoms with Gasteiger partial charge < -0.3 is 23.9 Å². The second kappa shape index (κ2) is 13.0. The number of benzene rings is 2. The molecule has 0 amide bonds. The molecule has 11 heteroatoms. The van der Waals surface area contributed by atoms with Gasteiger partial charge in [-0.05, 0) is 75.5 Å². The fourth-order valence-corrected chi connectivity index (χ4v) is 5.90. The molecule has 6 rings (SSSR count). The SMILES string of the molecule is CCOc1cc(C(=O)O)cc2c1nc(CN1CCC(c3cccnc3OCc3ccc(C#N)cc3F)CC1)n2CC1CCO1. The zero-order valence-electron chi connectivity index (χ0n) is 24.5. The highest BCUT2D eigenvalue weighted by molar-refractivity contribution is 5.95. The average molecular weight is 600 g/mol. The van der Waals surface area contributed by atoms with Gasteiger partial charge in [-0.2, -0.15) is 5.26 Å². The first kappa shape index (κ1) is 29.5. The maximum absolute atomic E-state index is 14.4. The van der Waals surface area contributed by atoms with E-state index in [0.717, 1.165) is 55.9 Å². The van der Waals surface area contributed by atoms with Crippen LogP contribution in [0.4, 0.5) is 4.39 Å². The molecule has 0 bridgehead atoms. The molecule has 44 heavy (non-hydrogen) atoms. The van der Waals surface area contributed by atoms with Gasteiger partial charge in [0.2, 0.25) is 5.88 Å². The van der Waals surface area contributed by atoms with Crippen molar-refractivity contribution in [2.24, 2.45) is 0 Å². The minimum atomic E-state index is -1.01. The number of aromatic carboxylic acids is 1. The summed E-state index contributed by atoms with van der Waals surface area (Å²) in [4.78, 5) is 23.7. The third-order valence-electron chi connectivity index (χ3n) is 8.36. The predicted octanol–water partition coefficient (Wildman–Crippen LogP) is 5.29. The summed E-state index contributed by atoms with van der Waals surface area (Å²) in [7, 11) is 0. The van der Waals surface area contributed by atoms with Crippen molar-refractivity contribution < 1.29 is 28.5 Å². The maximum Gasteiger partial charge on any atom is 0.335 e. The van der Waals surface area contributed by atoms with Gasteiger partial charge in [-0.25, -0.2) is 19.2 Å². The van der Waals surface area contributed by atoms with E-state index >= 15 is 0 Å². The number of carboxylic acid groups (broad SMARTS) is 1. The number of piperidine rings is 1. The van der Waals surface area contributed by atoms with E-state index in [9.17, 15) is 14.3 Å². The Kier molecular flexibility index (Phi) is 8.72. The molecule has 1 N–H and O–H groups in total. The van der Waals surface area contributed by atoms with Crippen molar-refractivity contribution in [1.82, 2.24) is 19.4 Å². The van der Waals surface area contributed by atoms with Crippen molar-refractivity contribution in [3.8, 4) is 17.7 Å². The summed E-state index contributed by atoms with van der Waals surface area (Å²) in [6.45, 7) is 5.89. The number of imidazole rings is 1. The fourth-order valence-electron chi connectivity index (χ4n) is 5.90. The lowest BCUT2D eigenvalue weighted by Crippen LogP contribution is -2.35. The van der Waals surface area contributed by atoms with Crippen LogP contribution in [0.15, 0.2) is 48.7 Å². The molecule has 2 fully saturated rings. The van der Waals surface area contributed by atoms with Gasteiger partial charge in [0.1, 0.15) is 29.5 Å². The van der Waals surface area contributed by atoms with Crippen LogP contribution in [0, 0.1) is 17.1 Å². The molecule has 1 unspecified atom stereocenters. The molecule has 1 atom stereocenters.